The van der Waals surface area contributed by atoms with Crippen molar-refractivity contribution in [3.8, 4) is 11.3 Å². The fraction of sp³-hybridized carbons (Fsp3) is 0.500. The van der Waals surface area contributed by atoms with Gasteiger partial charge in [0.05, 0.1) is 5.69 Å². The van der Waals surface area contributed by atoms with Crippen LogP contribution in [0.4, 0.5) is 5.13 Å². The molecule has 9 nitrogen and oxygen atoms in total. The molecule has 0 bridgehead atoms. The van der Waals surface area contributed by atoms with Gasteiger partial charge in [0.25, 0.3) is 5.91 Å². The van der Waals surface area contributed by atoms with Gasteiger partial charge in [0.15, 0.2) is 9.88 Å². The van der Waals surface area contributed by atoms with Crippen molar-refractivity contribution in [2.75, 3.05) is 44.3 Å². The van der Waals surface area contributed by atoms with Crippen molar-refractivity contribution in [3.05, 3.63) is 35.2 Å². The predicted molar refractivity (Wildman–Crippen MR) is 125 cm³/mol. The minimum Gasteiger partial charge on any atom is -0.381 e. The zero-order valence-electron chi connectivity index (χ0n) is 17.7. The lowest BCUT2D eigenvalue weighted by Crippen LogP contribution is -2.62. The number of rotatable bonds is 5. The van der Waals surface area contributed by atoms with E-state index in [-0.39, 0.29) is 51.6 Å². The van der Waals surface area contributed by atoms with Gasteiger partial charge in [-0.05, 0) is 13.0 Å². The molecule has 2 fully saturated rings. The number of ether oxygens (including phenoxy) is 1. The normalized spacial score (nSPS) is 19.2. The molecule has 32 heavy (non-hydrogen) atoms. The molecule has 4 rings (SSSR count). The standard InChI is InChI=1S/C20H26N4O5S2.ClH/c1-15-3-2-4-16(13-15)17-14-30-19(21-17)23-7-9-24(10-8-23)31(27,28)20(18(25)22-26)5-11-29-12-6-20;/h2-4,13-14,26H,5-12H2,1H3,(H,22,25);1H. The van der Waals surface area contributed by atoms with Gasteiger partial charge in [0.1, 0.15) is 0 Å². The van der Waals surface area contributed by atoms with Crippen molar-refractivity contribution in [2.45, 2.75) is 24.5 Å². The molecule has 1 amide bonds. The van der Waals surface area contributed by atoms with Crippen LogP contribution in [0.2, 0.25) is 0 Å². The molecule has 2 saturated heterocycles. The lowest BCUT2D eigenvalue weighted by atomic mass is 9.98. The maximum atomic E-state index is 13.4. The molecule has 2 aliphatic rings. The topological polar surface area (TPSA) is 112 Å². The molecule has 0 atom stereocenters. The number of aryl methyl sites for hydroxylation is 1. The van der Waals surface area contributed by atoms with Crippen molar-refractivity contribution in [1.29, 1.82) is 0 Å². The number of sulfonamides is 1. The Hall–Kier alpha value is -1.76. The number of nitrogens with zero attached hydrogens (tertiary/aromatic N) is 3. The molecule has 2 aliphatic heterocycles. The van der Waals surface area contributed by atoms with Gasteiger partial charge in [-0.3, -0.25) is 10.0 Å². The lowest BCUT2D eigenvalue weighted by Gasteiger charge is -2.41. The summed E-state index contributed by atoms with van der Waals surface area (Å²) >= 11 is 1.53. The van der Waals surface area contributed by atoms with Crippen molar-refractivity contribution in [2.24, 2.45) is 0 Å². The minimum absolute atomic E-state index is 0. The third-order valence-electron chi connectivity index (χ3n) is 5.96. The molecule has 0 aliphatic carbocycles. The zero-order valence-corrected chi connectivity index (χ0v) is 20.1. The molecule has 176 valence electrons. The molecule has 0 saturated carbocycles. The summed E-state index contributed by atoms with van der Waals surface area (Å²) in [5, 5.41) is 12.0. The molecule has 2 aromatic rings. The predicted octanol–water partition coefficient (Wildman–Crippen LogP) is 2.05. The number of piperazine rings is 1. The van der Waals surface area contributed by atoms with Crippen LogP contribution in [0.1, 0.15) is 18.4 Å². The van der Waals surface area contributed by atoms with Crippen LogP contribution in [0.5, 0.6) is 0 Å². The highest BCUT2D eigenvalue weighted by molar-refractivity contribution is 7.91. The van der Waals surface area contributed by atoms with Crippen LogP contribution >= 0.6 is 23.7 Å². The summed E-state index contributed by atoms with van der Waals surface area (Å²) < 4.78 is 31.7. The molecular weight excluding hydrogens is 476 g/mol. The number of hydrogen-bond donors (Lipinski definition) is 2. The third-order valence-corrected chi connectivity index (χ3v) is 9.49. The van der Waals surface area contributed by atoms with E-state index in [1.54, 1.807) is 5.48 Å². The largest absolute Gasteiger partial charge is 0.381 e. The second-order valence-corrected chi connectivity index (χ2v) is 10.9. The summed E-state index contributed by atoms with van der Waals surface area (Å²) in [6.07, 6.45) is 0.0442. The van der Waals surface area contributed by atoms with Gasteiger partial charge >= 0.3 is 0 Å². The van der Waals surface area contributed by atoms with Crippen LogP contribution in [-0.4, -0.2) is 73.0 Å². The number of nitrogens with one attached hydrogen (secondary N) is 1. The monoisotopic (exact) mass is 502 g/mol. The summed E-state index contributed by atoms with van der Waals surface area (Å²) in [7, 11) is -3.97. The molecule has 0 unspecified atom stereocenters. The van der Waals surface area contributed by atoms with Gasteiger partial charge < -0.3 is 9.64 Å². The first-order valence-corrected chi connectivity index (χ1v) is 12.5. The van der Waals surface area contributed by atoms with Gasteiger partial charge in [0, 0.05) is 63.2 Å². The van der Waals surface area contributed by atoms with E-state index in [4.69, 9.17) is 9.72 Å². The number of hydrogen-bond acceptors (Lipinski definition) is 8. The lowest BCUT2D eigenvalue weighted by molar-refractivity contribution is -0.134. The SMILES string of the molecule is Cc1cccc(-c2csc(N3CCN(S(=O)(=O)C4(C(=O)NO)CCOCC4)CC3)n2)c1.Cl. The average molecular weight is 503 g/mol. The Morgan fingerprint density at radius 2 is 1.91 bits per heavy atom. The highest BCUT2D eigenvalue weighted by atomic mass is 35.5. The van der Waals surface area contributed by atoms with Crippen molar-refractivity contribution in [3.63, 3.8) is 0 Å². The zero-order chi connectivity index (χ0) is 22.1. The van der Waals surface area contributed by atoms with Crippen LogP contribution in [0.25, 0.3) is 11.3 Å². The summed E-state index contributed by atoms with van der Waals surface area (Å²) in [6, 6.07) is 8.15. The fourth-order valence-corrected chi connectivity index (χ4v) is 7.11. The number of carbonyl (C=O) groups excluding carboxylic acids is 1. The van der Waals surface area contributed by atoms with E-state index >= 15 is 0 Å². The molecule has 12 heteroatoms. The van der Waals surface area contributed by atoms with Gasteiger partial charge in [0.2, 0.25) is 10.0 Å². The van der Waals surface area contributed by atoms with E-state index in [9.17, 15) is 18.4 Å². The first-order valence-electron chi connectivity index (χ1n) is 10.2. The highest BCUT2D eigenvalue weighted by Crippen LogP contribution is 2.34. The van der Waals surface area contributed by atoms with E-state index in [1.807, 2.05) is 30.5 Å². The van der Waals surface area contributed by atoms with Crippen molar-refractivity contribution in [1.82, 2.24) is 14.8 Å². The van der Waals surface area contributed by atoms with E-state index in [1.165, 1.54) is 21.2 Å². The van der Waals surface area contributed by atoms with Gasteiger partial charge in [-0.2, -0.15) is 4.31 Å². The van der Waals surface area contributed by atoms with Crippen LogP contribution in [-0.2, 0) is 19.6 Å². The third kappa shape index (κ3) is 4.50. The van der Waals surface area contributed by atoms with E-state index < -0.39 is 20.7 Å². The highest BCUT2D eigenvalue weighted by Gasteiger charge is 2.54. The van der Waals surface area contributed by atoms with Crippen molar-refractivity contribution < 1.29 is 23.2 Å². The fourth-order valence-electron chi connectivity index (χ4n) is 4.12. The van der Waals surface area contributed by atoms with Gasteiger partial charge in [-0.1, -0.05) is 23.8 Å². The smallest absolute Gasteiger partial charge is 0.266 e. The second kappa shape index (κ2) is 10.0. The van der Waals surface area contributed by atoms with Crippen LogP contribution in [0.15, 0.2) is 29.6 Å². The Balaban J connectivity index is 0.00000289. The average Bonchev–Trinajstić information content (AvgIpc) is 3.29. The van der Waals surface area contributed by atoms with E-state index in [0.29, 0.717) is 13.1 Å². The molecule has 3 heterocycles. The number of halogens is 1. The second-order valence-electron chi connectivity index (χ2n) is 7.82. The Morgan fingerprint density at radius 1 is 1.22 bits per heavy atom. The number of anilines is 1. The Kier molecular flexibility index (Phi) is 7.79. The quantitative estimate of drug-likeness (QED) is 0.475. The number of hydroxylamine groups is 1. The first kappa shape index (κ1) is 24.9. The molecule has 0 spiro atoms. The van der Waals surface area contributed by atoms with E-state index in [2.05, 4.69) is 11.0 Å². The van der Waals surface area contributed by atoms with Gasteiger partial charge in [-0.25, -0.2) is 18.9 Å². The van der Waals surface area contributed by atoms with Gasteiger partial charge in [-0.15, -0.1) is 23.7 Å². The number of amides is 1. The molecule has 0 radical (unpaired) electrons. The first-order chi connectivity index (χ1) is 14.9. The number of carbonyl (C=O) groups is 1. The van der Waals surface area contributed by atoms with Crippen LogP contribution in [0.3, 0.4) is 0 Å². The minimum atomic E-state index is -3.97. The Bertz CT molecular complexity index is 1050. The Morgan fingerprint density at radius 3 is 2.53 bits per heavy atom. The summed E-state index contributed by atoms with van der Waals surface area (Å²) in [5.41, 5.74) is 4.68. The number of thiazole rings is 1. The summed E-state index contributed by atoms with van der Waals surface area (Å²) in [5.74, 6) is -0.888. The molecule has 1 aromatic heterocycles. The molecule has 1 aromatic carbocycles. The van der Waals surface area contributed by atoms with E-state index in [0.717, 1.165) is 16.4 Å². The maximum Gasteiger partial charge on any atom is 0.266 e. The van der Waals surface area contributed by atoms with Crippen LogP contribution < -0.4 is 10.4 Å². The summed E-state index contributed by atoms with van der Waals surface area (Å²) in [6.45, 7) is 3.83. The molecular formula is C20H27ClN4O5S2. The van der Waals surface area contributed by atoms with Crippen LogP contribution in [0, 0.1) is 6.92 Å². The Labute approximate surface area is 197 Å². The number of aromatic nitrogens is 1. The maximum absolute atomic E-state index is 13.4. The van der Waals surface area contributed by atoms with Crippen molar-refractivity contribution >= 4 is 44.8 Å². The summed E-state index contributed by atoms with van der Waals surface area (Å²) in [4.78, 5) is 19.2. The number of benzene rings is 1. The molecule has 2 N–H and O–H groups in total.